The zero-order valence-corrected chi connectivity index (χ0v) is 16.4. The highest BCUT2D eigenvalue weighted by atomic mass is 35.5. The van der Waals surface area contributed by atoms with Gasteiger partial charge in [0.05, 0.1) is 22.1 Å². The summed E-state index contributed by atoms with van der Waals surface area (Å²) >= 11 is 6.32. The molecule has 29 heavy (non-hydrogen) atoms. The van der Waals surface area contributed by atoms with Crippen molar-refractivity contribution in [2.24, 2.45) is 0 Å². The summed E-state index contributed by atoms with van der Waals surface area (Å²) in [6.45, 7) is 2.84. The standard InChI is InChI=1S/C22H17ClN6/c1-2-29-21(10-19(28-29)14-4-3-6-24-11-14)16-8-15-9-20(27-22(15)26-12-16)17-13-25-7-5-18(17)23/h3-13H,2H2,1H3,(H,26,27). The van der Waals surface area contributed by atoms with Crippen LogP contribution < -0.4 is 0 Å². The quantitative estimate of drug-likeness (QED) is 0.448. The van der Waals surface area contributed by atoms with E-state index in [0.717, 1.165) is 51.4 Å². The van der Waals surface area contributed by atoms with Crippen molar-refractivity contribution in [2.45, 2.75) is 13.5 Å². The second-order valence-corrected chi connectivity index (χ2v) is 7.08. The van der Waals surface area contributed by atoms with E-state index in [4.69, 9.17) is 16.7 Å². The summed E-state index contributed by atoms with van der Waals surface area (Å²) in [5.74, 6) is 0. The van der Waals surface area contributed by atoms with E-state index in [0.29, 0.717) is 5.02 Å². The van der Waals surface area contributed by atoms with Gasteiger partial charge in [-0.15, -0.1) is 0 Å². The van der Waals surface area contributed by atoms with Crippen LogP contribution in [0.1, 0.15) is 6.92 Å². The second kappa shape index (κ2) is 7.14. The van der Waals surface area contributed by atoms with Crippen molar-refractivity contribution < 1.29 is 0 Å². The predicted molar refractivity (Wildman–Crippen MR) is 114 cm³/mol. The molecule has 0 unspecified atom stereocenters. The molecule has 0 aliphatic rings. The van der Waals surface area contributed by atoms with Crippen LogP contribution in [-0.4, -0.2) is 29.7 Å². The van der Waals surface area contributed by atoms with Gasteiger partial charge in [-0.2, -0.15) is 5.10 Å². The lowest BCUT2D eigenvalue weighted by Crippen LogP contribution is -1.99. The fourth-order valence-corrected chi connectivity index (χ4v) is 3.63. The maximum absolute atomic E-state index is 6.32. The highest BCUT2D eigenvalue weighted by Crippen LogP contribution is 2.31. The SMILES string of the molecule is CCn1nc(-c2cccnc2)cc1-c1cnc2[nH]c(-c3cnccc3Cl)cc2c1. The topological polar surface area (TPSA) is 72.3 Å². The fraction of sp³-hybridized carbons (Fsp3) is 0.0909. The first-order chi connectivity index (χ1) is 14.2. The lowest BCUT2D eigenvalue weighted by Gasteiger charge is -2.04. The number of nitrogens with one attached hydrogen (secondary N) is 1. The number of hydrogen-bond donors (Lipinski definition) is 1. The molecular formula is C22H17ClN6. The Morgan fingerprint density at radius 1 is 1.00 bits per heavy atom. The van der Waals surface area contributed by atoms with Crippen LogP contribution in [0.4, 0.5) is 0 Å². The zero-order chi connectivity index (χ0) is 19.8. The van der Waals surface area contributed by atoms with Crippen molar-refractivity contribution in [1.82, 2.24) is 29.7 Å². The third-order valence-electron chi connectivity index (χ3n) is 4.86. The third kappa shape index (κ3) is 3.17. The number of aromatic amines is 1. The molecule has 0 spiro atoms. The van der Waals surface area contributed by atoms with E-state index in [1.807, 2.05) is 35.3 Å². The molecule has 0 saturated heterocycles. The molecule has 0 radical (unpaired) electrons. The number of halogens is 1. The van der Waals surface area contributed by atoms with Gasteiger partial charge in [0, 0.05) is 59.6 Å². The van der Waals surface area contributed by atoms with E-state index in [-0.39, 0.29) is 0 Å². The first-order valence-corrected chi connectivity index (χ1v) is 9.68. The number of aromatic nitrogens is 6. The van der Waals surface area contributed by atoms with E-state index < -0.39 is 0 Å². The van der Waals surface area contributed by atoms with E-state index in [1.165, 1.54) is 0 Å². The van der Waals surface area contributed by atoms with Crippen LogP contribution in [0.15, 0.2) is 67.4 Å². The van der Waals surface area contributed by atoms with Crippen molar-refractivity contribution in [3.63, 3.8) is 0 Å². The number of pyridine rings is 3. The monoisotopic (exact) mass is 400 g/mol. The van der Waals surface area contributed by atoms with Crippen LogP contribution in [0.25, 0.3) is 44.8 Å². The zero-order valence-electron chi connectivity index (χ0n) is 15.7. The molecule has 7 heteroatoms. The molecule has 1 N–H and O–H groups in total. The molecule has 5 rings (SSSR count). The number of H-pyrrole nitrogens is 1. The summed E-state index contributed by atoms with van der Waals surface area (Å²) < 4.78 is 1.98. The molecule has 5 aromatic heterocycles. The molecule has 0 aromatic carbocycles. The maximum atomic E-state index is 6.32. The van der Waals surface area contributed by atoms with E-state index in [1.54, 1.807) is 24.7 Å². The van der Waals surface area contributed by atoms with Crippen LogP contribution in [0, 0.1) is 0 Å². The molecule has 0 amide bonds. The Kier molecular flexibility index (Phi) is 4.33. The van der Waals surface area contributed by atoms with Crippen LogP contribution in [-0.2, 0) is 6.54 Å². The van der Waals surface area contributed by atoms with Crippen molar-refractivity contribution >= 4 is 22.6 Å². The average Bonchev–Trinajstić information content (AvgIpc) is 3.38. The van der Waals surface area contributed by atoms with Gasteiger partial charge in [-0.1, -0.05) is 11.6 Å². The lowest BCUT2D eigenvalue weighted by molar-refractivity contribution is 0.669. The average molecular weight is 401 g/mol. The van der Waals surface area contributed by atoms with Gasteiger partial charge in [0.15, 0.2) is 0 Å². The summed E-state index contributed by atoms with van der Waals surface area (Å²) in [5.41, 5.74) is 6.46. The number of rotatable bonds is 4. The van der Waals surface area contributed by atoms with Gasteiger partial charge in [-0.05, 0) is 43.3 Å². The molecule has 0 atom stereocenters. The van der Waals surface area contributed by atoms with Crippen LogP contribution >= 0.6 is 11.6 Å². The van der Waals surface area contributed by atoms with Crippen molar-refractivity contribution in [2.75, 3.05) is 0 Å². The molecule has 5 aromatic rings. The lowest BCUT2D eigenvalue weighted by atomic mass is 10.1. The third-order valence-corrected chi connectivity index (χ3v) is 5.19. The van der Waals surface area contributed by atoms with Gasteiger partial charge in [-0.3, -0.25) is 14.6 Å². The molecule has 0 fully saturated rings. The minimum absolute atomic E-state index is 0.650. The number of nitrogens with zero attached hydrogens (tertiary/aromatic N) is 5. The van der Waals surface area contributed by atoms with Crippen molar-refractivity contribution in [1.29, 1.82) is 0 Å². The Bertz CT molecular complexity index is 1310. The summed E-state index contributed by atoms with van der Waals surface area (Å²) in [6, 6.07) is 11.9. The molecule has 6 nitrogen and oxygen atoms in total. The Labute approximate surface area is 172 Å². The molecule has 142 valence electrons. The Morgan fingerprint density at radius 2 is 1.90 bits per heavy atom. The van der Waals surface area contributed by atoms with E-state index in [9.17, 15) is 0 Å². The Morgan fingerprint density at radius 3 is 2.69 bits per heavy atom. The Hall–Kier alpha value is -3.51. The normalized spacial score (nSPS) is 11.2. The van der Waals surface area contributed by atoms with Gasteiger partial charge in [0.1, 0.15) is 5.65 Å². The largest absolute Gasteiger partial charge is 0.339 e. The van der Waals surface area contributed by atoms with Gasteiger partial charge in [0.25, 0.3) is 0 Å². The molecule has 0 aliphatic carbocycles. The van der Waals surface area contributed by atoms with E-state index >= 15 is 0 Å². The van der Waals surface area contributed by atoms with Gasteiger partial charge in [-0.25, -0.2) is 4.98 Å². The second-order valence-electron chi connectivity index (χ2n) is 6.67. The van der Waals surface area contributed by atoms with Crippen molar-refractivity contribution in [3.05, 3.63) is 72.4 Å². The van der Waals surface area contributed by atoms with Crippen LogP contribution in [0.5, 0.6) is 0 Å². The maximum Gasteiger partial charge on any atom is 0.137 e. The smallest absolute Gasteiger partial charge is 0.137 e. The molecular weight excluding hydrogens is 384 g/mol. The fourth-order valence-electron chi connectivity index (χ4n) is 3.42. The summed E-state index contributed by atoms with van der Waals surface area (Å²) in [7, 11) is 0. The van der Waals surface area contributed by atoms with Gasteiger partial charge in [0.2, 0.25) is 0 Å². The highest BCUT2D eigenvalue weighted by Gasteiger charge is 2.13. The van der Waals surface area contributed by atoms with Crippen molar-refractivity contribution in [3.8, 4) is 33.8 Å². The molecule has 5 heterocycles. The minimum atomic E-state index is 0.650. The summed E-state index contributed by atoms with van der Waals surface area (Å²) in [5, 5.41) is 6.39. The highest BCUT2D eigenvalue weighted by molar-refractivity contribution is 6.33. The summed E-state index contributed by atoms with van der Waals surface area (Å²) in [4.78, 5) is 16.3. The van der Waals surface area contributed by atoms with Gasteiger partial charge >= 0.3 is 0 Å². The van der Waals surface area contributed by atoms with Gasteiger partial charge < -0.3 is 4.98 Å². The van der Waals surface area contributed by atoms with E-state index in [2.05, 4.69) is 39.0 Å². The number of fused-ring (bicyclic) bond motifs is 1. The molecule has 0 bridgehead atoms. The first-order valence-electron chi connectivity index (χ1n) is 9.30. The minimum Gasteiger partial charge on any atom is -0.339 e. The number of aryl methyl sites for hydroxylation is 1. The van der Waals surface area contributed by atoms with Crippen LogP contribution in [0.2, 0.25) is 5.02 Å². The first kappa shape index (κ1) is 17.6. The summed E-state index contributed by atoms with van der Waals surface area (Å²) in [6.07, 6.45) is 8.88. The van der Waals surface area contributed by atoms with Crippen LogP contribution in [0.3, 0.4) is 0 Å². The Balaban J connectivity index is 1.59. The predicted octanol–water partition coefficient (Wildman–Crippen LogP) is 5.22. The molecule has 0 aliphatic heterocycles. The molecule has 0 saturated carbocycles. The number of hydrogen-bond acceptors (Lipinski definition) is 4.